The number of carbonyl (C=O) groups excluding carboxylic acids is 1. The van der Waals surface area contributed by atoms with Crippen molar-refractivity contribution in [2.75, 3.05) is 5.32 Å². The summed E-state index contributed by atoms with van der Waals surface area (Å²) in [7, 11) is 0. The van der Waals surface area contributed by atoms with Gasteiger partial charge in [-0.1, -0.05) is 72.9 Å². The first-order valence-electron chi connectivity index (χ1n) is 11.6. The molecule has 1 aliphatic heterocycles. The topological polar surface area (TPSA) is 68.8 Å². The van der Waals surface area contributed by atoms with Gasteiger partial charge in [-0.05, 0) is 43.5 Å². The third kappa shape index (κ3) is 6.96. The molecule has 0 aliphatic carbocycles. The number of anilines is 1. The maximum Gasteiger partial charge on any atom is 0.408 e. The fraction of sp³-hybridized carbons (Fsp3) is 0.286. The summed E-state index contributed by atoms with van der Waals surface area (Å²) in [6.45, 7) is 6.30. The number of alkyl carbamates (subject to hydrolysis) is 1. The van der Waals surface area contributed by atoms with Gasteiger partial charge in [-0.3, -0.25) is 0 Å². The summed E-state index contributed by atoms with van der Waals surface area (Å²) in [5, 5.41) is 6.11. The third-order valence-electron chi connectivity index (χ3n) is 5.33. The van der Waals surface area contributed by atoms with Gasteiger partial charge in [0.2, 0.25) is 0 Å². The van der Waals surface area contributed by atoms with E-state index >= 15 is 0 Å². The van der Waals surface area contributed by atoms with E-state index in [1.54, 1.807) is 0 Å². The summed E-state index contributed by atoms with van der Waals surface area (Å²) >= 11 is 5.54. The summed E-state index contributed by atoms with van der Waals surface area (Å²) in [4.78, 5) is 12.8. The molecular formula is C28H30N2O4S. The zero-order chi connectivity index (χ0) is 24.8. The zero-order valence-electron chi connectivity index (χ0n) is 20.2. The number of hydrogen-bond donors (Lipinski definition) is 2. The minimum atomic E-state index is -0.588. The summed E-state index contributed by atoms with van der Waals surface area (Å²) in [6, 6.07) is 23.4. The molecule has 2 N–H and O–H groups in total. The maximum atomic E-state index is 12.3. The van der Waals surface area contributed by atoms with E-state index < -0.39 is 11.7 Å². The number of ether oxygens (including phenoxy) is 3. The Morgan fingerprint density at radius 1 is 0.943 bits per heavy atom. The van der Waals surface area contributed by atoms with Gasteiger partial charge in [0.15, 0.2) is 11.5 Å². The summed E-state index contributed by atoms with van der Waals surface area (Å²) in [5.41, 5.74) is 3.34. The van der Waals surface area contributed by atoms with E-state index in [0.29, 0.717) is 36.1 Å². The van der Waals surface area contributed by atoms with Crippen LogP contribution in [0.4, 0.5) is 10.5 Å². The predicted molar refractivity (Wildman–Crippen MR) is 141 cm³/mol. The summed E-state index contributed by atoms with van der Waals surface area (Å²) in [5.74, 6) is 1.26. The van der Waals surface area contributed by atoms with Crippen molar-refractivity contribution < 1.29 is 19.0 Å². The molecule has 3 aromatic rings. The molecule has 6 nitrogen and oxygen atoms in total. The van der Waals surface area contributed by atoms with Gasteiger partial charge in [0.1, 0.15) is 23.8 Å². The molecule has 0 fully saturated rings. The van der Waals surface area contributed by atoms with Crippen LogP contribution in [0.2, 0.25) is 0 Å². The second-order valence-corrected chi connectivity index (χ2v) is 9.84. The second-order valence-electron chi connectivity index (χ2n) is 9.40. The molecule has 0 radical (unpaired) electrons. The lowest BCUT2D eigenvalue weighted by molar-refractivity contribution is 0.0518. The third-order valence-corrected chi connectivity index (χ3v) is 5.72. The van der Waals surface area contributed by atoms with Crippen LogP contribution in [0.1, 0.15) is 37.5 Å². The number of nitrogens with one attached hydrogen (secondary N) is 2. The van der Waals surface area contributed by atoms with E-state index in [1.165, 1.54) is 0 Å². The Hall–Kier alpha value is -3.58. The minimum Gasteiger partial charge on any atom is -0.485 e. The van der Waals surface area contributed by atoms with Crippen LogP contribution in [0.3, 0.4) is 0 Å². The van der Waals surface area contributed by atoms with E-state index in [1.807, 2.05) is 93.6 Å². The molecule has 35 heavy (non-hydrogen) atoms. The van der Waals surface area contributed by atoms with Crippen molar-refractivity contribution >= 4 is 29.0 Å². The first kappa shape index (κ1) is 24.5. The van der Waals surface area contributed by atoms with Gasteiger partial charge in [-0.2, -0.15) is 0 Å². The number of fused-ring (bicyclic) bond motifs is 1. The largest absolute Gasteiger partial charge is 0.485 e. The van der Waals surface area contributed by atoms with Gasteiger partial charge in [0, 0.05) is 18.2 Å². The maximum absolute atomic E-state index is 12.3. The highest BCUT2D eigenvalue weighted by Gasteiger charge is 2.28. The van der Waals surface area contributed by atoms with Gasteiger partial charge in [0.25, 0.3) is 0 Å². The van der Waals surface area contributed by atoms with Crippen molar-refractivity contribution in [2.45, 2.75) is 52.0 Å². The number of hydrogen-bond acceptors (Lipinski definition) is 5. The fourth-order valence-electron chi connectivity index (χ4n) is 3.68. The van der Waals surface area contributed by atoms with Crippen LogP contribution >= 0.6 is 12.2 Å². The monoisotopic (exact) mass is 490 g/mol. The Morgan fingerprint density at radius 3 is 2.03 bits per heavy atom. The summed E-state index contributed by atoms with van der Waals surface area (Å²) < 4.78 is 17.7. The van der Waals surface area contributed by atoms with Gasteiger partial charge in [-0.15, -0.1) is 0 Å². The minimum absolute atomic E-state index is 0.384. The fourth-order valence-corrected chi connectivity index (χ4v) is 3.93. The molecule has 3 aromatic carbocycles. The van der Waals surface area contributed by atoms with E-state index in [0.717, 1.165) is 22.4 Å². The van der Waals surface area contributed by atoms with Crippen LogP contribution < -0.4 is 20.1 Å². The number of carbonyl (C=O) groups is 1. The molecule has 0 bridgehead atoms. The standard InChI is InChI=1S/C28H30N2O4S/c1-28(2,3)34-27(31)30-23-14-21-15-24(32-17-19-10-6-4-7-11-19)25(16-22(21)29-26(23)35)33-18-20-12-8-5-9-13-20/h4-13,15-16,23H,14,17-18H2,1-3H3,(H,29,35)(H,30,31)/t23-/m0/s1. The van der Waals surface area contributed by atoms with Crippen LogP contribution in [0.5, 0.6) is 11.5 Å². The number of amides is 1. The van der Waals surface area contributed by atoms with E-state index in [2.05, 4.69) is 10.6 Å². The van der Waals surface area contributed by atoms with Crippen molar-refractivity contribution in [3.63, 3.8) is 0 Å². The first-order valence-corrected chi connectivity index (χ1v) is 12.0. The van der Waals surface area contributed by atoms with E-state index in [4.69, 9.17) is 26.4 Å². The molecule has 0 unspecified atom stereocenters. The molecule has 0 saturated carbocycles. The average Bonchev–Trinajstić information content (AvgIpc) is 2.82. The number of benzene rings is 3. The lowest BCUT2D eigenvalue weighted by Crippen LogP contribution is -2.48. The second kappa shape index (κ2) is 10.8. The van der Waals surface area contributed by atoms with Crippen LogP contribution in [-0.2, 0) is 24.4 Å². The Labute approximate surface area is 211 Å². The Balaban J connectivity index is 1.55. The highest BCUT2D eigenvalue weighted by atomic mass is 32.1. The van der Waals surface area contributed by atoms with Crippen molar-refractivity contribution in [3.8, 4) is 11.5 Å². The van der Waals surface area contributed by atoms with E-state index in [9.17, 15) is 4.79 Å². The zero-order valence-corrected chi connectivity index (χ0v) is 21.0. The molecule has 1 aliphatic rings. The highest BCUT2D eigenvalue weighted by Crippen LogP contribution is 2.37. The number of thiocarbonyl (C=S) groups is 1. The smallest absolute Gasteiger partial charge is 0.408 e. The van der Waals surface area contributed by atoms with Crippen LogP contribution in [0.15, 0.2) is 72.8 Å². The normalized spacial score (nSPS) is 14.9. The van der Waals surface area contributed by atoms with Gasteiger partial charge >= 0.3 is 6.09 Å². The first-order chi connectivity index (χ1) is 16.8. The van der Waals surface area contributed by atoms with Gasteiger partial charge < -0.3 is 24.8 Å². The van der Waals surface area contributed by atoms with Crippen molar-refractivity contribution in [3.05, 3.63) is 89.5 Å². The lowest BCUT2D eigenvalue weighted by Gasteiger charge is -2.30. The van der Waals surface area contributed by atoms with Crippen molar-refractivity contribution in [1.82, 2.24) is 5.32 Å². The van der Waals surface area contributed by atoms with Crippen molar-refractivity contribution in [1.29, 1.82) is 0 Å². The molecule has 4 rings (SSSR count). The quantitative estimate of drug-likeness (QED) is 0.394. The molecule has 7 heteroatoms. The Morgan fingerprint density at radius 2 is 1.49 bits per heavy atom. The number of rotatable bonds is 7. The molecule has 0 spiro atoms. The van der Waals surface area contributed by atoms with Gasteiger partial charge in [-0.25, -0.2) is 4.79 Å². The van der Waals surface area contributed by atoms with Crippen molar-refractivity contribution in [2.24, 2.45) is 0 Å². The lowest BCUT2D eigenvalue weighted by atomic mass is 9.99. The molecule has 182 valence electrons. The summed E-state index contributed by atoms with van der Waals surface area (Å²) in [6.07, 6.45) is 0.0135. The van der Waals surface area contributed by atoms with Crippen LogP contribution in [0.25, 0.3) is 0 Å². The molecule has 1 amide bonds. The van der Waals surface area contributed by atoms with Gasteiger partial charge in [0.05, 0.1) is 6.04 Å². The molecular weight excluding hydrogens is 460 g/mol. The molecule has 1 heterocycles. The highest BCUT2D eigenvalue weighted by molar-refractivity contribution is 7.80. The van der Waals surface area contributed by atoms with Crippen LogP contribution in [-0.4, -0.2) is 22.7 Å². The molecule has 0 aromatic heterocycles. The van der Waals surface area contributed by atoms with E-state index in [-0.39, 0.29) is 6.04 Å². The average molecular weight is 491 g/mol. The Kier molecular flexibility index (Phi) is 7.56. The molecule has 1 atom stereocenters. The van der Waals surface area contributed by atoms with Crippen LogP contribution in [0, 0.1) is 0 Å². The predicted octanol–water partition coefficient (Wildman–Crippen LogP) is 6.03. The molecule has 0 saturated heterocycles. The Bertz CT molecular complexity index is 1180. The SMILES string of the molecule is CC(C)(C)OC(=O)N[C@H]1Cc2cc(OCc3ccccc3)c(OCc3ccccc3)cc2NC1=S.